The summed E-state index contributed by atoms with van der Waals surface area (Å²) in [6, 6.07) is 7.64. The van der Waals surface area contributed by atoms with Crippen molar-refractivity contribution in [1.29, 1.82) is 0 Å². The van der Waals surface area contributed by atoms with Gasteiger partial charge in [0, 0.05) is 66.6 Å². The fourth-order valence-electron chi connectivity index (χ4n) is 8.32. The van der Waals surface area contributed by atoms with Gasteiger partial charge in [-0.05, 0) is 129 Å². The maximum absolute atomic E-state index is 14.7. The number of nitrogens with one attached hydrogen (secondary N) is 4. The summed E-state index contributed by atoms with van der Waals surface area (Å²) in [6.07, 6.45) is 1.60. The Morgan fingerprint density at radius 2 is 1.28 bits per heavy atom. The van der Waals surface area contributed by atoms with Crippen LogP contribution in [0.25, 0.3) is 33.2 Å². The Morgan fingerprint density at radius 1 is 0.779 bits per heavy atom. The third-order valence-electron chi connectivity index (χ3n) is 11.6. The highest BCUT2D eigenvalue weighted by Gasteiger charge is 2.41. The number of fused-ring (bicyclic) bond motifs is 2. The van der Waals surface area contributed by atoms with E-state index in [0.717, 1.165) is 17.5 Å². The van der Waals surface area contributed by atoms with E-state index < -0.39 is 59.6 Å². The summed E-state index contributed by atoms with van der Waals surface area (Å²) in [5.74, 6) is -2.25. The van der Waals surface area contributed by atoms with Gasteiger partial charge in [0.15, 0.2) is 0 Å². The van der Waals surface area contributed by atoms with Crippen molar-refractivity contribution < 1.29 is 56.5 Å². The molecular weight excluding hydrogens is 883 g/mol. The van der Waals surface area contributed by atoms with Crippen molar-refractivity contribution in [3.05, 3.63) is 59.2 Å². The summed E-state index contributed by atoms with van der Waals surface area (Å²) < 4.78 is 50.4. The molecule has 0 radical (unpaired) electrons. The number of ether oxygens (including phenoxy) is 4. The van der Waals surface area contributed by atoms with Gasteiger partial charge in [-0.1, -0.05) is 13.8 Å². The van der Waals surface area contributed by atoms with E-state index in [1.165, 1.54) is 44.5 Å². The SMILES string of the molecule is CC(C)(C)OC=O.CCC(C)NC.CCC(NC(=O)OC(C)(C)C)C(=O)N1CC(OC(C)=O)CC1Cc1c(-c2[nH]c3cc(F)ccc3c2CC2CC(OC(C)=O)CN2C=O)[nH]c2cc(F)ccc12. The quantitative estimate of drug-likeness (QED) is 0.0550. The molecule has 6 rings (SSSR count). The Morgan fingerprint density at radius 3 is 1.68 bits per heavy atom. The zero-order valence-corrected chi connectivity index (χ0v) is 41.5. The van der Waals surface area contributed by atoms with Crippen molar-refractivity contribution in [1.82, 2.24) is 30.4 Å². The summed E-state index contributed by atoms with van der Waals surface area (Å²) in [5.41, 5.74) is 2.51. The number of H-pyrrole nitrogens is 2. The molecule has 2 fully saturated rings. The number of aromatic nitrogens is 2. The maximum Gasteiger partial charge on any atom is 0.408 e. The van der Waals surface area contributed by atoms with Crippen molar-refractivity contribution in [3.8, 4) is 11.4 Å². The number of likely N-dealkylation sites (tertiary alicyclic amines) is 2. The number of aromatic amines is 2. The molecule has 2 aliphatic heterocycles. The minimum absolute atomic E-state index is 0.0888. The Balaban J connectivity index is 0.000000681. The number of carbonyl (C=O) groups is 6. The third-order valence-corrected chi connectivity index (χ3v) is 11.6. The van der Waals surface area contributed by atoms with Crippen molar-refractivity contribution in [3.63, 3.8) is 0 Å². The lowest BCUT2D eigenvalue weighted by atomic mass is 9.95. The number of hydrogen-bond donors (Lipinski definition) is 4. The number of benzene rings is 2. The maximum atomic E-state index is 14.7. The molecule has 6 atom stereocenters. The van der Waals surface area contributed by atoms with Gasteiger partial charge in [0.1, 0.15) is 41.1 Å². The topological polar surface area (TPSA) is 201 Å². The van der Waals surface area contributed by atoms with Gasteiger partial charge >= 0.3 is 18.0 Å². The molecule has 18 heteroatoms. The Hall–Kier alpha value is -6.04. The number of carbonyl (C=O) groups excluding carboxylic acids is 6. The average molecular weight is 953 g/mol. The van der Waals surface area contributed by atoms with Crippen LogP contribution in [0.15, 0.2) is 36.4 Å². The zero-order chi connectivity index (χ0) is 50.7. The Bertz CT molecular complexity index is 2380. The van der Waals surface area contributed by atoms with Crippen LogP contribution in [0.1, 0.15) is 113 Å². The molecular formula is C50H70F2N6O10. The van der Waals surface area contributed by atoms with Gasteiger partial charge in [-0.25, -0.2) is 13.6 Å². The first-order chi connectivity index (χ1) is 31.9. The van der Waals surface area contributed by atoms with Crippen molar-refractivity contribution in [2.75, 3.05) is 20.1 Å². The average Bonchev–Trinajstić information content (AvgIpc) is 4.01. The van der Waals surface area contributed by atoms with E-state index in [1.807, 2.05) is 27.8 Å². The minimum atomic E-state index is -0.928. The molecule has 6 unspecified atom stereocenters. The van der Waals surface area contributed by atoms with Gasteiger partial charge in [0.25, 0.3) is 6.47 Å². The number of nitrogens with zero attached hydrogens (tertiary/aromatic N) is 2. The monoisotopic (exact) mass is 953 g/mol. The van der Waals surface area contributed by atoms with E-state index in [-0.39, 0.29) is 43.5 Å². The highest BCUT2D eigenvalue weighted by Crippen LogP contribution is 2.40. The largest absolute Gasteiger partial charge is 0.462 e. The smallest absolute Gasteiger partial charge is 0.408 e. The molecule has 2 aliphatic rings. The molecule has 0 spiro atoms. The van der Waals surface area contributed by atoms with Gasteiger partial charge in [-0.2, -0.15) is 0 Å². The molecule has 2 aromatic heterocycles. The van der Waals surface area contributed by atoms with E-state index in [9.17, 15) is 37.5 Å². The molecule has 2 aromatic carbocycles. The molecule has 0 bridgehead atoms. The molecule has 16 nitrogen and oxygen atoms in total. The first-order valence-electron chi connectivity index (χ1n) is 23.1. The number of esters is 2. The fraction of sp³-hybridized carbons (Fsp3) is 0.560. The summed E-state index contributed by atoms with van der Waals surface area (Å²) in [7, 11) is 1.98. The zero-order valence-electron chi connectivity index (χ0n) is 41.5. The minimum Gasteiger partial charge on any atom is -0.462 e. The van der Waals surface area contributed by atoms with Crippen molar-refractivity contribution in [2.24, 2.45) is 0 Å². The summed E-state index contributed by atoms with van der Waals surface area (Å²) in [4.78, 5) is 82.6. The van der Waals surface area contributed by atoms with Crippen LogP contribution in [0, 0.1) is 11.6 Å². The molecule has 4 N–H and O–H groups in total. The second-order valence-corrected chi connectivity index (χ2v) is 19.3. The number of hydrogen-bond acceptors (Lipinski definition) is 11. The van der Waals surface area contributed by atoms with E-state index in [2.05, 4.69) is 39.2 Å². The molecule has 68 heavy (non-hydrogen) atoms. The van der Waals surface area contributed by atoms with E-state index in [1.54, 1.807) is 49.6 Å². The molecule has 374 valence electrons. The summed E-state index contributed by atoms with van der Waals surface area (Å²) in [6.45, 7) is 20.1. The lowest BCUT2D eigenvalue weighted by Crippen LogP contribution is -2.51. The number of rotatable bonds is 14. The van der Waals surface area contributed by atoms with E-state index in [4.69, 9.17) is 14.2 Å². The van der Waals surface area contributed by atoms with Gasteiger partial charge in [0.2, 0.25) is 12.3 Å². The Labute approximate surface area is 397 Å². The number of alkyl carbamates (subject to hydrolysis) is 1. The van der Waals surface area contributed by atoms with E-state index >= 15 is 0 Å². The standard InChI is InChI=1S/C40H47F2N5O8.C5H13N.C5H10O2/c1-7-33(45-39(52)55-40(4,5)6)38(51)47-19-28(54-22(3)50)15-26(47)17-32-30-11-9-24(42)13-35(30)44-37(32)36-31(29-10-8-23(41)12-34(29)43-36)16-25-14-27(53-21(2)49)18-46(25)20-48;1-4-5(2)6-3;1-5(2,3)7-4-6/h8-13,20,25-28,33,43-44H,7,14-19H2,1-6H3,(H,45,52);5-6H,4H2,1-3H3;4H,1-3H3. The highest BCUT2D eigenvalue weighted by molar-refractivity contribution is 5.96. The molecule has 4 heterocycles. The van der Waals surface area contributed by atoms with E-state index in [0.29, 0.717) is 65.0 Å². The van der Waals surface area contributed by atoms with Crippen LogP contribution in [0.3, 0.4) is 0 Å². The highest BCUT2D eigenvalue weighted by atomic mass is 19.1. The normalized spacial score (nSPS) is 19.0. The van der Waals surface area contributed by atoms with Gasteiger partial charge in [0.05, 0.1) is 24.5 Å². The van der Waals surface area contributed by atoms with Crippen LogP contribution >= 0.6 is 0 Å². The first-order valence-corrected chi connectivity index (χ1v) is 23.1. The lowest BCUT2D eigenvalue weighted by Gasteiger charge is -2.29. The second-order valence-electron chi connectivity index (χ2n) is 19.3. The van der Waals surface area contributed by atoms with Gasteiger partial charge < -0.3 is 49.3 Å². The van der Waals surface area contributed by atoms with Crippen molar-refractivity contribution >= 4 is 58.6 Å². The molecule has 0 saturated carbocycles. The molecule has 0 aliphatic carbocycles. The molecule has 2 saturated heterocycles. The van der Waals surface area contributed by atoms with Crippen LogP contribution in [-0.4, -0.2) is 124 Å². The number of amides is 3. The van der Waals surface area contributed by atoms with Gasteiger partial charge in [-0.3, -0.25) is 24.0 Å². The number of halogens is 2. The summed E-state index contributed by atoms with van der Waals surface area (Å²) >= 11 is 0. The van der Waals surface area contributed by atoms with Crippen molar-refractivity contribution in [2.45, 2.75) is 162 Å². The summed E-state index contributed by atoms with van der Waals surface area (Å²) in [5, 5.41) is 7.19. The predicted molar refractivity (Wildman–Crippen MR) is 254 cm³/mol. The fourth-order valence-corrected chi connectivity index (χ4v) is 8.32. The van der Waals surface area contributed by atoms with Crippen LogP contribution in [0.2, 0.25) is 0 Å². The van der Waals surface area contributed by atoms with Crippen LogP contribution in [0.4, 0.5) is 13.6 Å². The molecule has 4 aromatic rings. The third kappa shape index (κ3) is 15.2. The second kappa shape index (κ2) is 23.8. The van der Waals surface area contributed by atoms with Crippen LogP contribution in [0.5, 0.6) is 0 Å². The first kappa shape index (κ1) is 54.6. The Kier molecular flexibility index (Phi) is 19.1. The predicted octanol–water partition coefficient (Wildman–Crippen LogP) is 7.64. The lowest BCUT2D eigenvalue weighted by molar-refractivity contribution is -0.147. The van der Waals surface area contributed by atoms with Crippen LogP contribution < -0.4 is 10.6 Å². The van der Waals surface area contributed by atoms with Crippen LogP contribution in [-0.2, 0) is 55.8 Å². The molecule has 3 amide bonds. The van der Waals surface area contributed by atoms with Gasteiger partial charge in [-0.15, -0.1) is 0 Å².